The van der Waals surface area contributed by atoms with E-state index in [2.05, 4.69) is 30.8 Å². The van der Waals surface area contributed by atoms with Gasteiger partial charge in [-0.1, -0.05) is 13.8 Å². The van der Waals surface area contributed by atoms with Crippen LogP contribution in [0.5, 0.6) is 0 Å². The van der Waals surface area contributed by atoms with Gasteiger partial charge in [-0.25, -0.2) is 4.72 Å². The lowest BCUT2D eigenvalue weighted by Crippen LogP contribution is -2.48. The molecule has 1 aliphatic rings. The molecule has 0 aromatic rings. The summed E-state index contributed by atoms with van der Waals surface area (Å²) < 4.78 is 28.5. The summed E-state index contributed by atoms with van der Waals surface area (Å²) in [7, 11) is -3.28. The second kappa shape index (κ2) is 7.20. The molecule has 1 saturated heterocycles. The standard InChI is InChI=1S/C14H31N3O2S/c1-12(2)10-16-20(18,19)17-8-6-13(7-9-17)11-15-14(3,4)5/h12-13,15-16H,6-11H2,1-5H3. The number of nitrogens with one attached hydrogen (secondary N) is 2. The second-order valence-electron chi connectivity index (χ2n) is 7.22. The Labute approximate surface area is 124 Å². The number of hydrogen-bond donors (Lipinski definition) is 2. The summed E-state index contributed by atoms with van der Waals surface area (Å²) >= 11 is 0. The first kappa shape index (κ1) is 17.9. The molecule has 0 amide bonds. The van der Waals surface area contributed by atoms with Crippen LogP contribution in [0.25, 0.3) is 0 Å². The fraction of sp³-hybridized carbons (Fsp3) is 1.00. The van der Waals surface area contributed by atoms with E-state index in [1.165, 1.54) is 0 Å². The first-order chi connectivity index (χ1) is 9.10. The zero-order valence-electron chi connectivity index (χ0n) is 13.6. The summed E-state index contributed by atoms with van der Waals surface area (Å²) in [5.74, 6) is 0.907. The van der Waals surface area contributed by atoms with E-state index in [1.807, 2.05) is 13.8 Å². The van der Waals surface area contributed by atoms with Crippen LogP contribution >= 0.6 is 0 Å². The van der Waals surface area contributed by atoms with E-state index in [4.69, 9.17) is 0 Å². The van der Waals surface area contributed by atoms with Crippen molar-refractivity contribution in [3.05, 3.63) is 0 Å². The molecule has 2 N–H and O–H groups in total. The Kier molecular flexibility index (Phi) is 6.44. The van der Waals surface area contributed by atoms with Gasteiger partial charge in [-0.2, -0.15) is 12.7 Å². The van der Waals surface area contributed by atoms with Gasteiger partial charge in [0.1, 0.15) is 0 Å². The molecule has 20 heavy (non-hydrogen) atoms. The van der Waals surface area contributed by atoms with Gasteiger partial charge in [-0.15, -0.1) is 0 Å². The maximum atomic E-state index is 12.1. The zero-order chi connectivity index (χ0) is 15.4. The number of rotatable bonds is 6. The minimum atomic E-state index is -3.28. The van der Waals surface area contributed by atoms with Crippen LogP contribution in [0.3, 0.4) is 0 Å². The molecule has 0 spiro atoms. The summed E-state index contributed by atoms with van der Waals surface area (Å²) in [4.78, 5) is 0. The first-order valence-corrected chi connectivity index (χ1v) is 9.04. The van der Waals surface area contributed by atoms with Crippen LogP contribution in [-0.4, -0.2) is 44.4 Å². The van der Waals surface area contributed by atoms with Gasteiger partial charge in [0.2, 0.25) is 0 Å². The fourth-order valence-electron chi connectivity index (χ4n) is 2.17. The Morgan fingerprint density at radius 2 is 1.75 bits per heavy atom. The van der Waals surface area contributed by atoms with Crippen LogP contribution in [0.15, 0.2) is 0 Å². The molecule has 0 aliphatic carbocycles. The third-order valence-corrected chi connectivity index (χ3v) is 5.08. The van der Waals surface area contributed by atoms with E-state index in [0.717, 1.165) is 19.4 Å². The lowest BCUT2D eigenvalue weighted by Gasteiger charge is -2.33. The highest BCUT2D eigenvalue weighted by Crippen LogP contribution is 2.19. The molecule has 0 aromatic carbocycles. The molecule has 120 valence electrons. The number of piperidine rings is 1. The highest BCUT2D eigenvalue weighted by molar-refractivity contribution is 7.87. The molecule has 0 saturated carbocycles. The molecule has 0 aromatic heterocycles. The van der Waals surface area contributed by atoms with E-state index in [0.29, 0.717) is 31.5 Å². The molecular weight excluding hydrogens is 274 g/mol. The second-order valence-corrected chi connectivity index (χ2v) is 8.98. The van der Waals surface area contributed by atoms with Crippen molar-refractivity contribution in [3.63, 3.8) is 0 Å². The lowest BCUT2D eigenvalue weighted by atomic mass is 9.97. The maximum Gasteiger partial charge on any atom is 0.279 e. The molecule has 0 unspecified atom stereocenters. The van der Waals surface area contributed by atoms with Crippen molar-refractivity contribution in [2.75, 3.05) is 26.2 Å². The van der Waals surface area contributed by atoms with Crippen molar-refractivity contribution in [2.45, 2.75) is 53.0 Å². The van der Waals surface area contributed by atoms with Crippen molar-refractivity contribution in [1.29, 1.82) is 0 Å². The minimum absolute atomic E-state index is 0.127. The van der Waals surface area contributed by atoms with E-state index in [9.17, 15) is 8.42 Å². The highest BCUT2D eigenvalue weighted by Gasteiger charge is 2.28. The predicted molar refractivity (Wildman–Crippen MR) is 83.8 cm³/mol. The average Bonchev–Trinajstić information content (AvgIpc) is 2.34. The van der Waals surface area contributed by atoms with Crippen molar-refractivity contribution >= 4 is 10.2 Å². The van der Waals surface area contributed by atoms with E-state index < -0.39 is 10.2 Å². The molecular formula is C14H31N3O2S. The smallest absolute Gasteiger partial charge is 0.279 e. The summed E-state index contributed by atoms with van der Waals surface area (Å²) in [6.45, 7) is 13.2. The first-order valence-electron chi connectivity index (χ1n) is 7.60. The molecule has 0 radical (unpaired) electrons. The van der Waals surface area contributed by atoms with Crippen LogP contribution in [-0.2, 0) is 10.2 Å². The summed E-state index contributed by atoms with van der Waals surface area (Å²) in [5.41, 5.74) is 0.127. The molecule has 5 nitrogen and oxygen atoms in total. The van der Waals surface area contributed by atoms with Crippen LogP contribution in [0.2, 0.25) is 0 Å². The summed E-state index contributed by atoms with van der Waals surface area (Å²) in [6, 6.07) is 0. The highest BCUT2D eigenvalue weighted by atomic mass is 32.2. The molecule has 0 atom stereocenters. The molecule has 1 heterocycles. The molecule has 1 rings (SSSR count). The van der Waals surface area contributed by atoms with Gasteiger partial charge in [0.25, 0.3) is 10.2 Å². The fourth-order valence-corrected chi connectivity index (χ4v) is 3.59. The largest absolute Gasteiger partial charge is 0.312 e. The van der Waals surface area contributed by atoms with Gasteiger partial charge in [-0.05, 0) is 52.0 Å². The Bertz CT molecular complexity index is 380. The van der Waals surface area contributed by atoms with E-state index >= 15 is 0 Å². The maximum absolute atomic E-state index is 12.1. The number of nitrogens with zero attached hydrogens (tertiary/aromatic N) is 1. The monoisotopic (exact) mass is 305 g/mol. The Morgan fingerprint density at radius 3 is 2.20 bits per heavy atom. The average molecular weight is 305 g/mol. The van der Waals surface area contributed by atoms with Gasteiger partial charge < -0.3 is 5.32 Å². The third-order valence-electron chi connectivity index (χ3n) is 3.51. The SMILES string of the molecule is CC(C)CNS(=O)(=O)N1CCC(CNC(C)(C)C)CC1. The minimum Gasteiger partial charge on any atom is -0.312 e. The Hall–Kier alpha value is -0.170. The third kappa shape index (κ3) is 6.52. The van der Waals surface area contributed by atoms with Crippen molar-refractivity contribution in [3.8, 4) is 0 Å². The molecule has 1 aliphatic heterocycles. The predicted octanol–water partition coefficient (Wildman–Crippen LogP) is 1.58. The van der Waals surface area contributed by atoms with Crippen LogP contribution in [0.4, 0.5) is 0 Å². The molecule has 1 fully saturated rings. The van der Waals surface area contributed by atoms with Gasteiger partial charge in [0, 0.05) is 25.2 Å². The van der Waals surface area contributed by atoms with Crippen LogP contribution in [0.1, 0.15) is 47.5 Å². The van der Waals surface area contributed by atoms with Gasteiger partial charge >= 0.3 is 0 Å². The van der Waals surface area contributed by atoms with Crippen molar-refractivity contribution < 1.29 is 8.42 Å². The van der Waals surface area contributed by atoms with E-state index in [1.54, 1.807) is 4.31 Å². The summed E-state index contributed by atoms with van der Waals surface area (Å²) in [5, 5.41) is 3.50. The Balaban J connectivity index is 2.38. The Morgan fingerprint density at radius 1 is 1.20 bits per heavy atom. The normalized spacial score (nSPS) is 19.7. The zero-order valence-corrected chi connectivity index (χ0v) is 14.4. The van der Waals surface area contributed by atoms with Gasteiger partial charge in [-0.3, -0.25) is 0 Å². The van der Waals surface area contributed by atoms with Gasteiger partial charge in [0.05, 0.1) is 0 Å². The van der Waals surface area contributed by atoms with Crippen LogP contribution < -0.4 is 10.0 Å². The summed E-state index contributed by atoms with van der Waals surface area (Å²) in [6.07, 6.45) is 1.87. The molecule has 6 heteroatoms. The van der Waals surface area contributed by atoms with Crippen molar-refractivity contribution in [1.82, 2.24) is 14.3 Å². The topological polar surface area (TPSA) is 61.4 Å². The number of hydrogen-bond acceptors (Lipinski definition) is 3. The quantitative estimate of drug-likeness (QED) is 0.783. The lowest BCUT2D eigenvalue weighted by molar-refractivity contribution is 0.249. The molecule has 0 bridgehead atoms. The van der Waals surface area contributed by atoms with Crippen molar-refractivity contribution in [2.24, 2.45) is 11.8 Å². The van der Waals surface area contributed by atoms with Gasteiger partial charge in [0.15, 0.2) is 0 Å². The van der Waals surface area contributed by atoms with E-state index in [-0.39, 0.29) is 5.54 Å². The van der Waals surface area contributed by atoms with Crippen LogP contribution in [0, 0.1) is 11.8 Å².